The molecule has 2 atom stereocenters. The van der Waals surface area contributed by atoms with Gasteiger partial charge < -0.3 is 10.1 Å². The maximum Gasteiger partial charge on any atom is 0.0848 e. The van der Waals surface area contributed by atoms with E-state index in [2.05, 4.69) is 43.4 Å². The summed E-state index contributed by atoms with van der Waals surface area (Å²) in [6.45, 7) is 5.26. The largest absolute Gasteiger partial charge is 0.373 e. The highest BCUT2D eigenvalue weighted by molar-refractivity contribution is 5.27. The van der Waals surface area contributed by atoms with E-state index in [0.29, 0.717) is 0 Å². The first-order valence-corrected chi connectivity index (χ1v) is 6.53. The van der Waals surface area contributed by atoms with Crippen LogP contribution < -0.4 is 5.32 Å². The lowest BCUT2D eigenvalue weighted by Gasteiger charge is -2.40. The quantitative estimate of drug-likeness (QED) is 0.865. The zero-order valence-corrected chi connectivity index (χ0v) is 11.1. The summed E-state index contributed by atoms with van der Waals surface area (Å²) < 4.78 is 6.05. The smallest absolute Gasteiger partial charge is 0.0848 e. The fraction of sp³-hybridized carbons (Fsp3) is 0.600. The molecule has 1 aliphatic rings. The number of hydrogen-bond acceptors (Lipinski definition) is 2. The number of ether oxygens (including phenoxy) is 1. The summed E-state index contributed by atoms with van der Waals surface area (Å²) in [5, 5.41) is 3.43. The van der Waals surface area contributed by atoms with Crippen LogP contribution in [0.5, 0.6) is 0 Å². The van der Waals surface area contributed by atoms with Gasteiger partial charge in [0.1, 0.15) is 0 Å². The lowest BCUT2D eigenvalue weighted by molar-refractivity contribution is -0.0884. The molecule has 2 rings (SSSR count). The third-order valence-corrected chi connectivity index (χ3v) is 3.77. The second-order valence-corrected chi connectivity index (χ2v) is 5.25. The summed E-state index contributed by atoms with van der Waals surface area (Å²) in [5.74, 6) is 0. The standard InChI is InChI=1S/C15H23NO/c1-12-7-6-8-13(11-12)14(16-3)15(2)9-4-5-10-17-15/h6-8,11,14,16H,4-5,9-10H2,1-3H3. The van der Waals surface area contributed by atoms with Gasteiger partial charge in [-0.1, -0.05) is 29.8 Å². The minimum atomic E-state index is -0.0687. The van der Waals surface area contributed by atoms with Crippen LogP contribution in [-0.2, 0) is 4.74 Å². The second kappa shape index (κ2) is 5.19. The minimum absolute atomic E-state index is 0.0687. The van der Waals surface area contributed by atoms with Gasteiger partial charge >= 0.3 is 0 Å². The predicted molar refractivity (Wildman–Crippen MR) is 71.2 cm³/mol. The van der Waals surface area contributed by atoms with Gasteiger partial charge in [0.15, 0.2) is 0 Å². The van der Waals surface area contributed by atoms with E-state index in [0.717, 1.165) is 13.0 Å². The third kappa shape index (κ3) is 2.70. The van der Waals surface area contributed by atoms with E-state index >= 15 is 0 Å². The average Bonchev–Trinajstić information content (AvgIpc) is 2.30. The summed E-state index contributed by atoms with van der Waals surface area (Å²) in [5.41, 5.74) is 2.57. The van der Waals surface area contributed by atoms with Crippen LogP contribution in [0.25, 0.3) is 0 Å². The highest BCUT2D eigenvalue weighted by Gasteiger charge is 2.36. The summed E-state index contributed by atoms with van der Waals surface area (Å²) >= 11 is 0. The van der Waals surface area contributed by atoms with Crippen LogP contribution in [0.3, 0.4) is 0 Å². The van der Waals surface area contributed by atoms with E-state index in [9.17, 15) is 0 Å². The number of aryl methyl sites for hydroxylation is 1. The molecule has 0 aromatic heterocycles. The Morgan fingerprint density at radius 1 is 1.35 bits per heavy atom. The molecule has 2 heteroatoms. The molecule has 0 saturated carbocycles. The zero-order valence-electron chi connectivity index (χ0n) is 11.1. The molecule has 1 aliphatic heterocycles. The van der Waals surface area contributed by atoms with Crippen LogP contribution in [0, 0.1) is 6.92 Å². The van der Waals surface area contributed by atoms with Crippen molar-refractivity contribution in [2.24, 2.45) is 0 Å². The van der Waals surface area contributed by atoms with Gasteiger partial charge in [0.2, 0.25) is 0 Å². The van der Waals surface area contributed by atoms with E-state index < -0.39 is 0 Å². The van der Waals surface area contributed by atoms with E-state index in [1.165, 1.54) is 24.0 Å². The molecule has 0 amide bonds. The predicted octanol–water partition coefficient (Wildman–Crippen LogP) is 3.21. The summed E-state index contributed by atoms with van der Waals surface area (Å²) in [6.07, 6.45) is 3.59. The normalized spacial score (nSPS) is 26.8. The Hall–Kier alpha value is -0.860. The Kier molecular flexibility index (Phi) is 3.85. The van der Waals surface area contributed by atoms with Crippen molar-refractivity contribution >= 4 is 0 Å². The van der Waals surface area contributed by atoms with Gasteiger partial charge in [-0.3, -0.25) is 0 Å². The van der Waals surface area contributed by atoms with Crippen molar-refractivity contribution in [3.63, 3.8) is 0 Å². The third-order valence-electron chi connectivity index (χ3n) is 3.77. The molecule has 94 valence electrons. The van der Waals surface area contributed by atoms with Gasteiger partial charge in [-0.25, -0.2) is 0 Å². The SMILES string of the molecule is CNC(c1cccc(C)c1)C1(C)CCCCO1. The molecule has 2 nitrogen and oxygen atoms in total. The van der Waals surface area contributed by atoms with Crippen LogP contribution in [0.2, 0.25) is 0 Å². The molecule has 0 radical (unpaired) electrons. The lowest BCUT2D eigenvalue weighted by Crippen LogP contribution is -2.44. The van der Waals surface area contributed by atoms with Gasteiger partial charge in [-0.15, -0.1) is 0 Å². The lowest BCUT2D eigenvalue weighted by atomic mass is 9.84. The van der Waals surface area contributed by atoms with Crippen molar-refractivity contribution in [1.82, 2.24) is 5.32 Å². The minimum Gasteiger partial charge on any atom is -0.373 e. The molecule has 1 N–H and O–H groups in total. The Bertz CT molecular complexity index is 369. The molecule has 17 heavy (non-hydrogen) atoms. The molecule has 1 aromatic rings. The van der Waals surface area contributed by atoms with Crippen LogP contribution in [-0.4, -0.2) is 19.3 Å². The van der Waals surface area contributed by atoms with Crippen LogP contribution in [0.1, 0.15) is 43.4 Å². The summed E-state index contributed by atoms with van der Waals surface area (Å²) in [4.78, 5) is 0. The maximum absolute atomic E-state index is 6.05. The first kappa shape index (κ1) is 12.6. The number of benzene rings is 1. The van der Waals surface area contributed by atoms with Crippen molar-refractivity contribution in [1.29, 1.82) is 0 Å². The Morgan fingerprint density at radius 2 is 2.18 bits per heavy atom. The second-order valence-electron chi connectivity index (χ2n) is 5.25. The molecule has 0 aliphatic carbocycles. The van der Waals surface area contributed by atoms with Crippen molar-refractivity contribution < 1.29 is 4.74 Å². The molecule has 0 bridgehead atoms. The highest BCUT2D eigenvalue weighted by Crippen LogP contribution is 2.36. The zero-order chi connectivity index (χ0) is 12.3. The van der Waals surface area contributed by atoms with Crippen LogP contribution in [0.4, 0.5) is 0 Å². The van der Waals surface area contributed by atoms with E-state index in [1.54, 1.807) is 0 Å². The number of nitrogens with one attached hydrogen (secondary N) is 1. The molecule has 1 heterocycles. The van der Waals surface area contributed by atoms with Crippen molar-refractivity contribution in [3.8, 4) is 0 Å². The van der Waals surface area contributed by atoms with Crippen LogP contribution >= 0.6 is 0 Å². The maximum atomic E-state index is 6.05. The van der Waals surface area contributed by atoms with Gasteiger partial charge in [0.05, 0.1) is 11.6 Å². The molecule has 1 aromatic carbocycles. The fourth-order valence-corrected chi connectivity index (χ4v) is 2.86. The summed E-state index contributed by atoms with van der Waals surface area (Å²) in [6, 6.07) is 8.99. The van der Waals surface area contributed by atoms with Crippen molar-refractivity contribution in [2.45, 2.75) is 44.8 Å². The first-order valence-electron chi connectivity index (χ1n) is 6.53. The summed E-state index contributed by atoms with van der Waals surface area (Å²) in [7, 11) is 2.02. The Morgan fingerprint density at radius 3 is 2.76 bits per heavy atom. The number of hydrogen-bond donors (Lipinski definition) is 1. The fourth-order valence-electron chi connectivity index (χ4n) is 2.86. The molecule has 1 fully saturated rings. The monoisotopic (exact) mass is 233 g/mol. The Balaban J connectivity index is 2.26. The first-order chi connectivity index (χ1) is 8.15. The van der Waals surface area contributed by atoms with E-state index in [1.807, 2.05) is 7.05 Å². The average molecular weight is 233 g/mol. The van der Waals surface area contributed by atoms with Crippen molar-refractivity contribution in [3.05, 3.63) is 35.4 Å². The molecular weight excluding hydrogens is 210 g/mol. The number of rotatable bonds is 3. The van der Waals surface area contributed by atoms with Crippen molar-refractivity contribution in [2.75, 3.05) is 13.7 Å². The number of likely N-dealkylation sites (N-methyl/N-ethyl adjacent to an activating group) is 1. The van der Waals surface area contributed by atoms with Gasteiger partial charge in [0, 0.05) is 6.61 Å². The Labute approximate surface area is 104 Å². The molecule has 2 unspecified atom stereocenters. The molecule has 0 spiro atoms. The molecule has 1 saturated heterocycles. The highest BCUT2D eigenvalue weighted by atomic mass is 16.5. The molecular formula is C15H23NO. The van der Waals surface area contributed by atoms with E-state index in [-0.39, 0.29) is 11.6 Å². The topological polar surface area (TPSA) is 21.3 Å². The van der Waals surface area contributed by atoms with Gasteiger partial charge in [0.25, 0.3) is 0 Å². The van der Waals surface area contributed by atoms with Crippen LogP contribution in [0.15, 0.2) is 24.3 Å². The van der Waals surface area contributed by atoms with Gasteiger partial charge in [-0.2, -0.15) is 0 Å². The van der Waals surface area contributed by atoms with Gasteiger partial charge in [-0.05, 0) is 45.7 Å². The van der Waals surface area contributed by atoms with E-state index in [4.69, 9.17) is 4.74 Å².